The number of para-hydroxylation sites is 1. The molecule has 3 rings (SSSR count). The van der Waals surface area contributed by atoms with E-state index in [-0.39, 0.29) is 23.7 Å². The van der Waals surface area contributed by atoms with E-state index in [4.69, 9.17) is 4.74 Å². The van der Waals surface area contributed by atoms with Gasteiger partial charge in [-0.1, -0.05) is 18.2 Å². The fourth-order valence-electron chi connectivity index (χ4n) is 3.82. The van der Waals surface area contributed by atoms with Gasteiger partial charge < -0.3 is 14.6 Å². The first-order valence-corrected chi connectivity index (χ1v) is 8.56. The Bertz CT molecular complexity index is 757. The Hall–Kier alpha value is -2.14. The van der Waals surface area contributed by atoms with Crippen molar-refractivity contribution in [3.8, 4) is 0 Å². The lowest BCUT2D eigenvalue weighted by atomic mass is 9.94. The van der Waals surface area contributed by atoms with Gasteiger partial charge in [0.15, 0.2) is 0 Å². The van der Waals surface area contributed by atoms with Crippen LogP contribution in [0.25, 0.3) is 10.9 Å². The maximum Gasteiger partial charge on any atom is 0.309 e. The van der Waals surface area contributed by atoms with Crippen molar-refractivity contribution in [3.63, 3.8) is 0 Å². The highest BCUT2D eigenvalue weighted by atomic mass is 16.5. The van der Waals surface area contributed by atoms with Crippen molar-refractivity contribution in [2.75, 3.05) is 20.2 Å². The molecule has 1 aliphatic heterocycles. The lowest BCUT2D eigenvalue weighted by Gasteiger charge is -2.31. The summed E-state index contributed by atoms with van der Waals surface area (Å²) in [5, 5.41) is 0.996. The molecule has 0 aliphatic carbocycles. The van der Waals surface area contributed by atoms with Crippen molar-refractivity contribution in [1.29, 1.82) is 0 Å². The molecule has 5 heteroatoms. The molecule has 0 unspecified atom stereocenters. The zero-order valence-corrected chi connectivity index (χ0v) is 14.5. The van der Waals surface area contributed by atoms with E-state index in [1.807, 2.05) is 38.1 Å². The number of H-pyrrole nitrogens is 1. The molecule has 1 aromatic carbocycles. The van der Waals surface area contributed by atoms with Gasteiger partial charge >= 0.3 is 5.97 Å². The number of hydrogen-bond acceptors (Lipinski definition) is 3. The van der Waals surface area contributed by atoms with Crippen LogP contribution in [-0.2, 0) is 9.53 Å². The summed E-state index contributed by atoms with van der Waals surface area (Å²) in [7, 11) is 1.44. The van der Waals surface area contributed by atoms with Crippen LogP contribution in [0, 0.1) is 12.8 Å². The van der Waals surface area contributed by atoms with Gasteiger partial charge in [-0.3, -0.25) is 9.59 Å². The minimum Gasteiger partial charge on any atom is -0.469 e. The van der Waals surface area contributed by atoms with Gasteiger partial charge in [-0.05, 0) is 19.9 Å². The molecule has 1 aromatic heterocycles. The largest absolute Gasteiger partial charge is 0.469 e. The smallest absolute Gasteiger partial charge is 0.309 e. The second-order valence-electron chi connectivity index (χ2n) is 6.71. The number of rotatable bonds is 4. The number of ketones is 1. The first kappa shape index (κ1) is 16.7. The Morgan fingerprint density at radius 3 is 2.58 bits per heavy atom. The van der Waals surface area contributed by atoms with Crippen LogP contribution < -0.4 is 4.90 Å². The molecule has 5 nitrogen and oxygen atoms in total. The highest BCUT2D eigenvalue weighted by molar-refractivity contribution is 6.10. The number of carbonyl (C=O) groups is 2. The predicted octanol–water partition coefficient (Wildman–Crippen LogP) is 1.52. The molecule has 1 saturated heterocycles. The first-order chi connectivity index (χ1) is 11.5. The number of carbonyl (C=O) groups excluding carboxylic acids is 2. The average Bonchev–Trinajstić information content (AvgIpc) is 2.95. The topological polar surface area (TPSA) is 63.6 Å². The highest BCUT2D eigenvalue weighted by Gasteiger charge is 2.34. The third-order valence-electron chi connectivity index (χ3n) is 5.31. The van der Waals surface area contributed by atoms with Crippen LogP contribution in [0.4, 0.5) is 0 Å². The molecule has 1 aliphatic rings. The number of aryl methyl sites for hydroxylation is 1. The summed E-state index contributed by atoms with van der Waals surface area (Å²) < 4.78 is 4.84. The van der Waals surface area contributed by atoms with E-state index in [0.29, 0.717) is 0 Å². The van der Waals surface area contributed by atoms with Crippen LogP contribution in [0.15, 0.2) is 24.3 Å². The molecule has 1 fully saturated rings. The fraction of sp³-hybridized carbons (Fsp3) is 0.474. The third kappa shape index (κ3) is 2.96. The lowest BCUT2D eigenvalue weighted by Crippen LogP contribution is -3.17. The van der Waals surface area contributed by atoms with Gasteiger partial charge in [0.1, 0.15) is 6.04 Å². The Kier molecular flexibility index (Phi) is 4.71. The van der Waals surface area contributed by atoms with E-state index < -0.39 is 0 Å². The van der Waals surface area contributed by atoms with Crippen molar-refractivity contribution >= 4 is 22.7 Å². The van der Waals surface area contributed by atoms with Crippen molar-refractivity contribution in [3.05, 3.63) is 35.5 Å². The molecular formula is C19H25N2O3+. The van der Waals surface area contributed by atoms with Gasteiger partial charge in [-0.25, -0.2) is 0 Å². The number of nitrogens with one attached hydrogen (secondary N) is 2. The predicted molar refractivity (Wildman–Crippen MR) is 92.3 cm³/mol. The number of ether oxygens (including phenoxy) is 1. The first-order valence-electron chi connectivity index (χ1n) is 8.56. The Balaban J connectivity index is 1.76. The number of methoxy groups -OCH3 is 1. The summed E-state index contributed by atoms with van der Waals surface area (Å²) >= 11 is 0. The third-order valence-corrected chi connectivity index (χ3v) is 5.31. The second kappa shape index (κ2) is 6.77. The summed E-state index contributed by atoms with van der Waals surface area (Å²) in [5.74, 6) is 0.0350. The summed E-state index contributed by atoms with van der Waals surface area (Å²) in [4.78, 5) is 29.3. The van der Waals surface area contributed by atoms with Crippen LogP contribution in [-0.4, -0.2) is 43.0 Å². The molecule has 128 valence electrons. The van der Waals surface area contributed by atoms with Crippen molar-refractivity contribution in [2.45, 2.75) is 32.7 Å². The number of quaternary nitrogens is 1. The SMILES string of the molecule is COC(=O)C1CC[NH+]([C@H](C)C(=O)c2c(C)[nH]c3ccccc23)CC1. The maximum atomic E-state index is 13.1. The Morgan fingerprint density at radius 1 is 1.25 bits per heavy atom. The monoisotopic (exact) mass is 329 g/mol. The number of likely N-dealkylation sites (tertiary alicyclic amines) is 1. The minimum atomic E-state index is -0.125. The standard InChI is InChI=1S/C19H24N2O3/c1-12-17(15-6-4-5-7-16(15)20-12)18(22)13(2)21-10-8-14(9-11-21)19(23)24-3/h4-7,13-14,20H,8-11H2,1-3H3/p+1/t13-/m1/s1. The summed E-state index contributed by atoms with van der Waals surface area (Å²) in [6.07, 6.45) is 1.57. The van der Waals surface area contributed by atoms with E-state index in [2.05, 4.69) is 4.98 Å². The number of hydrogen-bond donors (Lipinski definition) is 2. The Labute approximate surface area is 142 Å². The van der Waals surface area contributed by atoms with E-state index in [1.54, 1.807) is 0 Å². The van der Waals surface area contributed by atoms with E-state index in [0.717, 1.165) is 48.1 Å². The van der Waals surface area contributed by atoms with Gasteiger partial charge in [0.25, 0.3) is 0 Å². The lowest BCUT2D eigenvalue weighted by molar-refractivity contribution is -0.919. The molecule has 1 atom stereocenters. The molecule has 2 heterocycles. The van der Waals surface area contributed by atoms with E-state index >= 15 is 0 Å². The number of piperidine rings is 1. The van der Waals surface area contributed by atoms with Gasteiger partial charge in [-0.15, -0.1) is 0 Å². The van der Waals surface area contributed by atoms with E-state index in [1.165, 1.54) is 12.0 Å². The van der Waals surface area contributed by atoms with Crippen LogP contribution in [0.3, 0.4) is 0 Å². The molecule has 2 N–H and O–H groups in total. The zero-order valence-electron chi connectivity index (χ0n) is 14.5. The molecule has 2 aromatic rings. The quantitative estimate of drug-likeness (QED) is 0.660. The average molecular weight is 329 g/mol. The summed E-state index contributed by atoms with van der Waals surface area (Å²) in [6.45, 7) is 5.61. The normalized spacial score (nSPS) is 22.3. The number of benzene rings is 1. The van der Waals surface area contributed by atoms with Crippen molar-refractivity contribution < 1.29 is 19.2 Å². The Morgan fingerprint density at radius 2 is 1.92 bits per heavy atom. The molecule has 0 spiro atoms. The number of fused-ring (bicyclic) bond motifs is 1. The number of aromatic nitrogens is 1. The summed E-state index contributed by atoms with van der Waals surface area (Å²) in [5.41, 5.74) is 2.74. The molecule has 0 radical (unpaired) electrons. The molecular weight excluding hydrogens is 304 g/mol. The minimum absolute atomic E-state index is 0.0177. The second-order valence-corrected chi connectivity index (χ2v) is 6.71. The fourth-order valence-corrected chi connectivity index (χ4v) is 3.82. The van der Waals surface area contributed by atoms with Gasteiger partial charge in [0, 0.05) is 29.4 Å². The van der Waals surface area contributed by atoms with Crippen LogP contribution in [0.1, 0.15) is 35.8 Å². The molecule has 0 amide bonds. The van der Waals surface area contributed by atoms with Gasteiger partial charge in [-0.2, -0.15) is 0 Å². The molecule has 0 bridgehead atoms. The van der Waals surface area contributed by atoms with Crippen LogP contribution in [0.5, 0.6) is 0 Å². The molecule has 24 heavy (non-hydrogen) atoms. The van der Waals surface area contributed by atoms with E-state index in [9.17, 15) is 9.59 Å². The molecule has 0 saturated carbocycles. The number of esters is 1. The van der Waals surface area contributed by atoms with Crippen LogP contribution >= 0.6 is 0 Å². The van der Waals surface area contributed by atoms with Gasteiger partial charge in [0.2, 0.25) is 5.78 Å². The highest BCUT2D eigenvalue weighted by Crippen LogP contribution is 2.23. The maximum absolute atomic E-state index is 13.1. The summed E-state index contributed by atoms with van der Waals surface area (Å²) in [6, 6.07) is 7.82. The van der Waals surface area contributed by atoms with Crippen molar-refractivity contribution in [1.82, 2.24) is 4.98 Å². The number of aromatic amines is 1. The number of Topliss-reactive ketones (excluding diaryl/α,β-unsaturated/α-hetero) is 1. The zero-order chi connectivity index (χ0) is 17.3. The van der Waals surface area contributed by atoms with Crippen molar-refractivity contribution in [2.24, 2.45) is 5.92 Å². The van der Waals surface area contributed by atoms with Gasteiger partial charge in [0.05, 0.1) is 31.7 Å². The van der Waals surface area contributed by atoms with Crippen LogP contribution in [0.2, 0.25) is 0 Å².